The molecule has 2 aromatic rings. The highest BCUT2D eigenvalue weighted by Gasteiger charge is 2.13. The van der Waals surface area contributed by atoms with Crippen LogP contribution in [0.3, 0.4) is 0 Å². The standard InChI is InChI=1S/C32H45FN2O2S/c1-3-4-5-6-7-8-9-10-11-12-13-14-20-37-31-19-18-29(22-30(31)33)34-32(36)28-17-15-16-27(21-28)24-35-23-26(2)38-25-35/h15-19,21-23H,3-14,20,24-25H2,1-2H3,(H,34,36). The summed E-state index contributed by atoms with van der Waals surface area (Å²) in [4.78, 5) is 16.3. The number of rotatable bonds is 18. The lowest BCUT2D eigenvalue weighted by molar-refractivity contribution is 0.102. The molecule has 0 saturated heterocycles. The van der Waals surface area contributed by atoms with Gasteiger partial charge in [-0.25, -0.2) is 4.39 Å². The molecule has 1 heterocycles. The first-order valence-electron chi connectivity index (χ1n) is 14.4. The number of halogens is 1. The van der Waals surface area contributed by atoms with Gasteiger partial charge in [0, 0.05) is 30.1 Å². The van der Waals surface area contributed by atoms with E-state index in [0.29, 0.717) is 17.9 Å². The van der Waals surface area contributed by atoms with Crippen LogP contribution in [0, 0.1) is 5.82 Å². The number of ether oxygens (including phenoxy) is 1. The molecule has 1 N–H and O–H groups in total. The molecule has 0 bridgehead atoms. The maximum Gasteiger partial charge on any atom is 0.255 e. The van der Waals surface area contributed by atoms with Crippen molar-refractivity contribution < 1.29 is 13.9 Å². The summed E-state index contributed by atoms with van der Waals surface area (Å²) < 4.78 is 20.2. The van der Waals surface area contributed by atoms with Crippen molar-refractivity contribution in [2.24, 2.45) is 0 Å². The van der Waals surface area contributed by atoms with Crippen molar-refractivity contribution >= 4 is 23.4 Å². The Balaban J connectivity index is 1.31. The number of benzene rings is 2. The first kappa shape index (κ1) is 30.1. The van der Waals surface area contributed by atoms with Gasteiger partial charge in [0.1, 0.15) is 0 Å². The van der Waals surface area contributed by atoms with Gasteiger partial charge in [-0.1, -0.05) is 89.7 Å². The molecule has 0 saturated carbocycles. The van der Waals surface area contributed by atoms with E-state index in [1.807, 2.05) is 30.0 Å². The molecule has 0 atom stereocenters. The molecule has 2 aromatic carbocycles. The number of hydrogen-bond donors (Lipinski definition) is 1. The molecule has 3 rings (SSSR count). The summed E-state index contributed by atoms with van der Waals surface area (Å²) in [6.45, 7) is 5.63. The van der Waals surface area contributed by atoms with Gasteiger partial charge in [0.25, 0.3) is 5.91 Å². The lowest BCUT2D eigenvalue weighted by Gasteiger charge is -2.15. The Morgan fingerprint density at radius 2 is 1.63 bits per heavy atom. The Labute approximate surface area is 233 Å². The van der Waals surface area contributed by atoms with E-state index < -0.39 is 5.82 Å². The molecule has 0 spiro atoms. The van der Waals surface area contributed by atoms with Gasteiger partial charge in [0.05, 0.1) is 12.5 Å². The number of nitrogens with zero attached hydrogens (tertiary/aromatic N) is 1. The molecule has 0 unspecified atom stereocenters. The third kappa shape index (κ3) is 11.1. The van der Waals surface area contributed by atoms with E-state index in [1.165, 1.54) is 75.2 Å². The monoisotopic (exact) mass is 540 g/mol. The predicted octanol–water partition coefficient (Wildman–Crippen LogP) is 9.53. The van der Waals surface area contributed by atoms with Gasteiger partial charge in [0.2, 0.25) is 0 Å². The molecule has 0 radical (unpaired) electrons. The van der Waals surface area contributed by atoms with Crippen molar-refractivity contribution in [3.05, 3.63) is 70.5 Å². The maximum absolute atomic E-state index is 14.6. The topological polar surface area (TPSA) is 41.6 Å². The first-order valence-corrected chi connectivity index (χ1v) is 15.4. The highest BCUT2D eigenvalue weighted by molar-refractivity contribution is 8.03. The van der Waals surface area contributed by atoms with Crippen LogP contribution in [0.15, 0.2) is 53.6 Å². The summed E-state index contributed by atoms with van der Waals surface area (Å²) in [6, 6.07) is 12.2. The molecule has 4 nitrogen and oxygen atoms in total. The molecule has 6 heteroatoms. The summed E-state index contributed by atoms with van der Waals surface area (Å²) in [5.74, 6) is 0.456. The zero-order valence-corrected chi connectivity index (χ0v) is 24.1. The molecule has 1 aliphatic heterocycles. The predicted molar refractivity (Wildman–Crippen MR) is 159 cm³/mol. The van der Waals surface area contributed by atoms with Crippen LogP contribution < -0.4 is 10.1 Å². The molecule has 1 amide bonds. The number of allylic oxidation sites excluding steroid dienone is 1. The second-order valence-corrected chi connectivity index (χ2v) is 11.5. The number of anilines is 1. The van der Waals surface area contributed by atoms with Gasteiger partial charge in [0.15, 0.2) is 11.6 Å². The number of hydrogen-bond acceptors (Lipinski definition) is 4. The number of thioether (sulfide) groups is 1. The van der Waals surface area contributed by atoms with Gasteiger partial charge in [-0.3, -0.25) is 4.79 Å². The van der Waals surface area contributed by atoms with Crippen molar-refractivity contribution in [2.75, 3.05) is 17.8 Å². The van der Waals surface area contributed by atoms with E-state index in [1.54, 1.807) is 18.2 Å². The van der Waals surface area contributed by atoms with Crippen LogP contribution in [0.5, 0.6) is 5.75 Å². The Morgan fingerprint density at radius 1 is 0.947 bits per heavy atom. The molecular formula is C32H45FN2O2S. The van der Waals surface area contributed by atoms with Crippen LogP contribution in [-0.4, -0.2) is 23.3 Å². The summed E-state index contributed by atoms with van der Waals surface area (Å²) >= 11 is 1.81. The van der Waals surface area contributed by atoms with E-state index in [2.05, 4.69) is 30.3 Å². The fraction of sp³-hybridized carbons (Fsp3) is 0.531. The van der Waals surface area contributed by atoms with Crippen LogP contribution in [0.25, 0.3) is 0 Å². The van der Waals surface area contributed by atoms with Gasteiger partial charge in [-0.2, -0.15) is 0 Å². The number of nitrogens with one attached hydrogen (secondary N) is 1. The minimum atomic E-state index is -0.454. The summed E-state index contributed by atoms with van der Waals surface area (Å²) in [5, 5.41) is 2.81. The number of unbranched alkanes of at least 4 members (excludes halogenated alkanes) is 11. The van der Waals surface area contributed by atoms with Crippen molar-refractivity contribution in [1.29, 1.82) is 0 Å². The smallest absolute Gasteiger partial charge is 0.255 e. The van der Waals surface area contributed by atoms with E-state index in [-0.39, 0.29) is 11.7 Å². The SMILES string of the molecule is CCCCCCCCCCCCCCOc1ccc(NC(=O)c2cccc(CN3C=C(C)SC3)c2)cc1F. The molecular weight excluding hydrogens is 495 g/mol. The summed E-state index contributed by atoms with van der Waals surface area (Å²) in [7, 11) is 0. The lowest BCUT2D eigenvalue weighted by Crippen LogP contribution is -2.15. The van der Waals surface area contributed by atoms with Crippen LogP contribution in [0.2, 0.25) is 0 Å². The number of carbonyl (C=O) groups excluding carboxylic acids is 1. The first-order chi connectivity index (χ1) is 18.5. The van der Waals surface area contributed by atoms with E-state index >= 15 is 0 Å². The third-order valence-electron chi connectivity index (χ3n) is 6.84. The van der Waals surface area contributed by atoms with Crippen molar-refractivity contribution in [2.45, 2.75) is 97.4 Å². The Hall–Kier alpha value is -2.47. The molecule has 0 fully saturated rings. The van der Waals surface area contributed by atoms with Gasteiger partial charge in [-0.15, -0.1) is 11.8 Å². The zero-order chi connectivity index (χ0) is 27.0. The Kier molecular flexibility index (Phi) is 13.6. The largest absolute Gasteiger partial charge is 0.491 e. The Morgan fingerprint density at radius 3 is 2.26 bits per heavy atom. The maximum atomic E-state index is 14.6. The average molecular weight is 541 g/mol. The average Bonchev–Trinajstić information content (AvgIpc) is 3.32. The van der Waals surface area contributed by atoms with Crippen LogP contribution >= 0.6 is 11.8 Å². The van der Waals surface area contributed by atoms with Gasteiger partial charge < -0.3 is 15.0 Å². The third-order valence-corrected chi connectivity index (χ3v) is 7.86. The number of carbonyl (C=O) groups is 1. The van der Waals surface area contributed by atoms with E-state index in [0.717, 1.165) is 30.8 Å². The zero-order valence-electron chi connectivity index (χ0n) is 23.3. The molecule has 208 valence electrons. The fourth-order valence-corrected chi connectivity index (χ4v) is 5.44. The van der Waals surface area contributed by atoms with Gasteiger partial charge >= 0.3 is 0 Å². The number of amides is 1. The molecule has 0 aromatic heterocycles. The lowest BCUT2D eigenvalue weighted by atomic mass is 10.1. The minimum Gasteiger partial charge on any atom is -0.491 e. The second-order valence-electron chi connectivity index (χ2n) is 10.3. The van der Waals surface area contributed by atoms with Crippen LogP contribution in [0.4, 0.5) is 10.1 Å². The highest BCUT2D eigenvalue weighted by atomic mass is 32.2. The van der Waals surface area contributed by atoms with Crippen LogP contribution in [0.1, 0.15) is 107 Å². The quantitative estimate of drug-likeness (QED) is 0.191. The normalized spacial score (nSPS) is 13.0. The molecule has 0 aliphatic carbocycles. The summed E-state index contributed by atoms with van der Waals surface area (Å²) in [6.07, 6.45) is 17.5. The van der Waals surface area contributed by atoms with Crippen molar-refractivity contribution in [1.82, 2.24) is 4.90 Å². The van der Waals surface area contributed by atoms with Crippen molar-refractivity contribution in [3.8, 4) is 5.75 Å². The second kappa shape index (κ2) is 17.2. The molecule has 38 heavy (non-hydrogen) atoms. The minimum absolute atomic E-state index is 0.236. The fourth-order valence-electron chi connectivity index (χ4n) is 4.68. The van der Waals surface area contributed by atoms with Gasteiger partial charge in [-0.05, 0) is 48.1 Å². The highest BCUT2D eigenvalue weighted by Crippen LogP contribution is 2.26. The molecule has 1 aliphatic rings. The van der Waals surface area contributed by atoms with E-state index in [9.17, 15) is 9.18 Å². The summed E-state index contributed by atoms with van der Waals surface area (Å²) in [5.41, 5.74) is 2.05. The van der Waals surface area contributed by atoms with Crippen LogP contribution in [-0.2, 0) is 6.54 Å². The Bertz CT molecular complexity index is 1030. The van der Waals surface area contributed by atoms with E-state index in [4.69, 9.17) is 4.74 Å². The van der Waals surface area contributed by atoms with Crippen molar-refractivity contribution in [3.63, 3.8) is 0 Å².